The maximum atomic E-state index is 8.58. The lowest BCUT2D eigenvalue weighted by molar-refractivity contribution is 0.174. The van der Waals surface area contributed by atoms with E-state index in [9.17, 15) is 0 Å². The van der Waals surface area contributed by atoms with Crippen LogP contribution in [0.2, 0.25) is 0 Å². The zero-order chi connectivity index (χ0) is 9.10. The van der Waals surface area contributed by atoms with Crippen LogP contribution in [-0.4, -0.2) is 18.5 Å². The Labute approximate surface area is 76.2 Å². The second-order valence-electron chi connectivity index (χ2n) is 2.70. The lowest BCUT2D eigenvalue weighted by Crippen LogP contribution is -1.92. The molecule has 0 amide bonds. The highest BCUT2D eigenvalue weighted by molar-refractivity contribution is 5.56. The number of hydrogen-bond acceptors (Lipinski definition) is 3. The van der Waals surface area contributed by atoms with Crippen LogP contribution in [0.3, 0.4) is 0 Å². The summed E-state index contributed by atoms with van der Waals surface area (Å²) in [6.07, 6.45) is 3.51. The van der Waals surface area contributed by atoms with Crippen LogP contribution in [0.25, 0.3) is 6.08 Å². The molecule has 13 heavy (non-hydrogen) atoms. The van der Waals surface area contributed by atoms with E-state index in [1.165, 1.54) is 0 Å². The highest BCUT2D eigenvalue weighted by atomic mass is 16.7. The van der Waals surface area contributed by atoms with Gasteiger partial charge in [0.2, 0.25) is 6.79 Å². The van der Waals surface area contributed by atoms with Crippen LogP contribution < -0.4 is 9.47 Å². The largest absolute Gasteiger partial charge is 0.454 e. The van der Waals surface area contributed by atoms with E-state index in [-0.39, 0.29) is 6.61 Å². The first-order valence-corrected chi connectivity index (χ1v) is 4.07. The number of aliphatic hydroxyl groups is 1. The summed E-state index contributed by atoms with van der Waals surface area (Å²) in [6, 6.07) is 5.66. The van der Waals surface area contributed by atoms with Crippen LogP contribution in [0.5, 0.6) is 11.5 Å². The molecule has 0 bridgehead atoms. The van der Waals surface area contributed by atoms with Gasteiger partial charge in [-0.2, -0.15) is 0 Å². The van der Waals surface area contributed by atoms with Crippen molar-refractivity contribution in [3.8, 4) is 11.5 Å². The monoisotopic (exact) mass is 178 g/mol. The van der Waals surface area contributed by atoms with Crippen molar-refractivity contribution in [2.24, 2.45) is 0 Å². The molecule has 0 unspecified atom stereocenters. The molecular weight excluding hydrogens is 168 g/mol. The predicted octanol–water partition coefficient (Wildman–Crippen LogP) is 1.42. The Bertz CT molecular complexity index is 331. The minimum atomic E-state index is 0.0500. The summed E-state index contributed by atoms with van der Waals surface area (Å²) in [5, 5.41) is 8.58. The van der Waals surface area contributed by atoms with Crippen molar-refractivity contribution in [2.75, 3.05) is 13.4 Å². The van der Waals surface area contributed by atoms with Crippen LogP contribution in [-0.2, 0) is 0 Å². The van der Waals surface area contributed by atoms with Gasteiger partial charge in [0, 0.05) is 0 Å². The fourth-order valence-electron chi connectivity index (χ4n) is 1.21. The molecular formula is C10H10O3. The molecule has 1 aliphatic heterocycles. The molecule has 68 valence electrons. The minimum absolute atomic E-state index is 0.0500. The first kappa shape index (κ1) is 8.13. The predicted molar refractivity (Wildman–Crippen MR) is 48.7 cm³/mol. The Balaban J connectivity index is 2.25. The van der Waals surface area contributed by atoms with E-state index in [4.69, 9.17) is 14.6 Å². The van der Waals surface area contributed by atoms with Gasteiger partial charge in [0.05, 0.1) is 6.61 Å². The van der Waals surface area contributed by atoms with Crippen LogP contribution in [0.4, 0.5) is 0 Å². The van der Waals surface area contributed by atoms with E-state index in [1.807, 2.05) is 24.3 Å². The summed E-state index contributed by atoms with van der Waals surface area (Å²) in [4.78, 5) is 0. The Morgan fingerprint density at radius 3 is 3.00 bits per heavy atom. The quantitative estimate of drug-likeness (QED) is 0.744. The fourth-order valence-corrected chi connectivity index (χ4v) is 1.21. The second kappa shape index (κ2) is 3.49. The number of fused-ring (bicyclic) bond motifs is 1. The number of aliphatic hydroxyl groups excluding tert-OH is 1. The van der Waals surface area contributed by atoms with E-state index in [1.54, 1.807) is 6.08 Å². The molecule has 1 heterocycles. The topological polar surface area (TPSA) is 38.7 Å². The van der Waals surface area contributed by atoms with Crippen LogP contribution in [0.1, 0.15) is 5.56 Å². The van der Waals surface area contributed by atoms with Crippen LogP contribution in [0, 0.1) is 0 Å². The average molecular weight is 178 g/mol. The van der Waals surface area contributed by atoms with Gasteiger partial charge < -0.3 is 14.6 Å². The zero-order valence-corrected chi connectivity index (χ0v) is 7.06. The first-order valence-electron chi connectivity index (χ1n) is 4.07. The highest BCUT2D eigenvalue weighted by Gasteiger charge is 2.11. The lowest BCUT2D eigenvalue weighted by atomic mass is 10.2. The van der Waals surface area contributed by atoms with E-state index >= 15 is 0 Å². The second-order valence-corrected chi connectivity index (χ2v) is 2.70. The van der Waals surface area contributed by atoms with Crippen LogP contribution >= 0.6 is 0 Å². The molecule has 0 saturated heterocycles. The molecule has 1 N–H and O–H groups in total. The van der Waals surface area contributed by atoms with E-state index in [0.717, 1.165) is 17.1 Å². The lowest BCUT2D eigenvalue weighted by Gasteiger charge is -1.96. The molecule has 0 aliphatic carbocycles. The molecule has 0 saturated carbocycles. The number of hydrogen-bond donors (Lipinski definition) is 1. The summed E-state index contributed by atoms with van der Waals surface area (Å²) < 4.78 is 10.4. The maximum Gasteiger partial charge on any atom is 0.231 e. The van der Waals surface area contributed by atoms with E-state index in [0.29, 0.717) is 6.79 Å². The molecule has 3 nitrogen and oxygen atoms in total. The molecule has 1 aliphatic rings. The zero-order valence-electron chi connectivity index (χ0n) is 7.06. The number of ether oxygens (including phenoxy) is 2. The van der Waals surface area contributed by atoms with Crippen molar-refractivity contribution < 1.29 is 14.6 Å². The Morgan fingerprint density at radius 1 is 1.31 bits per heavy atom. The van der Waals surface area contributed by atoms with Crippen molar-refractivity contribution >= 4 is 6.08 Å². The van der Waals surface area contributed by atoms with E-state index in [2.05, 4.69) is 0 Å². The van der Waals surface area contributed by atoms with Gasteiger partial charge in [0.1, 0.15) is 0 Å². The summed E-state index contributed by atoms with van der Waals surface area (Å²) in [5.41, 5.74) is 0.998. The summed E-state index contributed by atoms with van der Waals surface area (Å²) >= 11 is 0. The van der Waals surface area contributed by atoms with Gasteiger partial charge in [0.15, 0.2) is 11.5 Å². The van der Waals surface area contributed by atoms with Gasteiger partial charge in [0.25, 0.3) is 0 Å². The van der Waals surface area contributed by atoms with Crippen molar-refractivity contribution in [2.45, 2.75) is 0 Å². The van der Waals surface area contributed by atoms with Crippen molar-refractivity contribution in [3.63, 3.8) is 0 Å². The van der Waals surface area contributed by atoms with Crippen molar-refractivity contribution in [3.05, 3.63) is 29.8 Å². The molecule has 0 atom stereocenters. The summed E-state index contributed by atoms with van der Waals surface area (Å²) in [6.45, 7) is 0.344. The van der Waals surface area contributed by atoms with Gasteiger partial charge >= 0.3 is 0 Å². The molecule has 0 aromatic heterocycles. The molecule has 2 rings (SSSR count). The Kier molecular flexibility index (Phi) is 2.19. The van der Waals surface area contributed by atoms with Gasteiger partial charge in [-0.1, -0.05) is 18.2 Å². The van der Waals surface area contributed by atoms with Gasteiger partial charge in [-0.3, -0.25) is 0 Å². The van der Waals surface area contributed by atoms with Gasteiger partial charge in [-0.05, 0) is 17.7 Å². The smallest absolute Gasteiger partial charge is 0.231 e. The average Bonchev–Trinajstić information content (AvgIpc) is 2.61. The molecule has 0 fully saturated rings. The highest BCUT2D eigenvalue weighted by Crippen LogP contribution is 2.32. The third-order valence-corrected chi connectivity index (χ3v) is 1.81. The summed E-state index contributed by atoms with van der Waals surface area (Å²) in [5.74, 6) is 1.54. The molecule has 0 spiro atoms. The van der Waals surface area contributed by atoms with Crippen molar-refractivity contribution in [1.82, 2.24) is 0 Å². The van der Waals surface area contributed by atoms with Crippen LogP contribution in [0.15, 0.2) is 24.3 Å². The van der Waals surface area contributed by atoms with Crippen molar-refractivity contribution in [1.29, 1.82) is 0 Å². The standard InChI is InChI=1S/C10H10O3/c11-5-1-2-8-3-4-9-10(6-8)13-7-12-9/h1-4,6,11H,5,7H2/b2-1+. The maximum absolute atomic E-state index is 8.58. The normalized spacial score (nSPS) is 13.9. The minimum Gasteiger partial charge on any atom is -0.454 e. The number of benzene rings is 1. The SMILES string of the molecule is OC/C=C/c1ccc2c(c1)OCO2. The molecule has 3 heteroatoms. The third kappa shape index (κ3) is 1.65. The Hall–Kier alpha value is -1.48. The molecule has 1 aromatic carbocycles. The summed E-state index contributed by atoms with van der Waals surface area (Å²) in [7, 11) is 0. The van der Waals surface area contributed by atoms with Gasteiger partial charge in [-0.15, -0.1) is 0 Å². The first-order chi connectivity index (χ1) is 6.40. The number of rotatable bonds is 2. The van der Waals surface area contributed by atoms with E-state index < -0.39 is 0 Å². The third-order valence-electron chi connectivity index (χ3n) is 1.81. The Morgan fingerprint density at radius 2 is 2.15 bits per heavy atom. The molecule has 0 radical (unpaired) electrons. The molecule has 1 aromatic rings. The fraction of sp³-hybridized carbons (Fsp3) is 0.200. The van der Waals surface area contributed by atoms with Gasteiger partial charge in [-0.25, -0.2) is 0 Å².